The van der Waals surface area contributed by atoms with Crippen LogP contribution in [0.3, 0.4) is 0 Å². The Hall–Kier alpha value is -0.920. The number of imidazole rings is 1. The Bertz CT molecular complexity index is 636. The van der Waals surface area contributed by atoms with Gasteiger partial charge in [-0.15, -0.1) is 0 Å². The Morgan fingerprint density at radius 2 is 1.92 bits per heavy atom. The standard InChI is InChI=1S/C18H32N4O2S/c1-3-18-19-8-11-22(18)14-15(2)20-16-4-9-21(10-5-16)17-6-12-25(23,24)13-7-17/h8,11,15-17,20H,3-7,9-10,12-14H2,1-2H3. The predicted molar refractivity (Wildman–Crippen MR) is 100 cm³/mol. The van der Waals surface area contributed by atoms with E-state index in [-0.39, 0.29) is 0 Å². The van der Waals surface area contributed by atoms with Crippen molar-refractivity contribution in [3.63, 3.8) is 0 Å². The third kappa shape index (κ3) is 5.05. The van der Waals surface area contributed by atoms with Gasteiger partial charge in [0.25, 0.3) is 0 Å². The molecule has 0 aliphatic carbocycles. The molecule has 2 aliphatic heterocycles. The van der Waals surface area contributed by atoms with Gasteiger partial charge >= 0.3 is 0 Å². The van der Waals surface area contributed by atoms with E-state index >= 15 is 0 Å². The third-order valence-electron chi connectivity index (χ3n) is 5.68. The predicted octanol–water partition coefficient (Wildman–Crippen LogP) is 1.47. The van der Waals surface area contributed by atoms with Gasteiger partial charge in [-0.2, -0.15) is 0 Å². The van der Waals surface area contributed by atoms with Crippen molar-refractivity contribution in [3.8, 4) is 0 Å². The number of sulfone groups is 1. The van der Waals surface area contributed by atoms with Gasteiger partial charge in [-0.25, -0.2) is 13.4 Å². The molecule has 7 heteroatoms. The van der Waals surface area contributed by atoms with Crippen LogP contribution in [0.1, 0.15) is 45.4 Å². The Morgan fingerprint density at radius 1 is 1.24 bits per heavy atom. The fraction of sp³-hybridized carbons (Fsp3) is 0.833. The highest BCUT2D eigenvalue weighted by Gasteiger charge is 2.30. The molecule has 1 aromatic rings. The molecule has 2 fully saturated rings. The van der Waals surface area contributed by atoms with Crippen LogP contribution in [-0.4, -0.2) is 65.6 Å². The lowest BCUT2D eigenvalue weighted by Gasteiger charge is -2.40. The van der Waals surface area contributed by atoms with Gasteiger partial charge in [-0.3, -0.25) is 0 Å². The van der Waals surface area contributed by atoms with Crippen molar-refractivity contribution < 1.29 is 8.42 Å². The zero-order chi connectivity index (χ0) is 17.9. The maximum Gasteiger partial charge on any atom is 0.150 e. The molecule has 142 valence electrons. The highest BCUT2D eigenvalue weighted by molar-refractivity contribution is 7.91. The van der Waals surface area contributed by atoms with E-state index in [1.165, 1.54) is 0 Å². The second-order valence-corrected chi connectivity index (χ2v) is 9.91. The highest BCUT2D eigenvalue weighted by atomic mass is 32.2. The summed E-state index contributed by atoms with van der Waals surface area (Å²) in [6.07, 6.45) is 8.85. The lowest BCUT2D eigenvalue weighted by Crippen LogP contribution is -2.50. The third-order valence-corrected chi connectivity index (χ3v) is 7.39. The topological polar surface area (TPSA) is 67.2 Å². The molecule has 1 atom stereocenters. The Kier molecular flexibility index (Phi) is 6.17. The number of likely N-dealkylation sites (tertiary alicyclic amines) is 1. The van der Waals surface area contributed by atoms with E-state index in [9.17, 15) is 8.42 Å². The minimum Gasteiger partial charge on any atom is -0.333 e. The second-order valence-electron chi connectivity index (χ2n) is 7.61. The number of aryl methyl sites for hydroxylation is 1. The molecule has 6 nitrogen and oxygen atoms in total. The molecule has 0 amide bonds. The zero-order valence-electron chi connectivity index (χ0n) is 15.5. The van der Waals surface area contributed by atoms with E-state index in [1.54, 1.807) is 0 Å². The summed E-state index contributed by atoms with van der Waals surface area (Å²) in [5.41, 5.74) is 0. The van der Waals surface area contributed by atoms with E-state index in [2.05, 4.69) is 39.8 Å². The van der Waals surface area contributed by atoms with Gasteiger partial charge in [0.15, 0.2) is 0 Å². The van der Waals surface area contributed by atoms with Gasteiger partial charge in [-0.1, -0.05) is 6.92 Å². The van der Waals surface area contributed by atoms with Gasteiger partial charge in [0.1, 0.15) is 15.7 Å². The van der Waals surface area contributed by atoms with Crippen LogP contribution < -0.4 is 5.32 Å². The molecule has 3 rings (SSSR count). The lowest BCUT2D eigenvalue weighted by atomic mass is 10.00. The van der Waals surface area contributed by atoms with Crippen molar-refractivity contribution in [3.05, 3.63) is 18.2 Å². The SMILES string of the molecule is CCc1nccn1CC(C)NC1CCN(C2CCS(=O)(=O)CC2)CC1. The molecule has 2 saturated heterocycles. The van der Waals surface area contributed by atoms with E-state index in [4.69, 9.17) is 0 Å². The van der Waals surface area contributed by atoms with Crippen LogP contribution in [0, 0.1) is 0 Å². The normalized spacial score (nSPS) is 24.4. The summed E-state index contributed by atoms with van der Waals surface area (Å²) in [7, 11) is -2.76. The van der Waals surface area contributed by atoms with E-state index in [0.717, 1.165) is 57.6 Å². The fourth-order valence-electron chi connectivity index (χ4n) is 4.24. The van der Waals surface area contributed by atoms with E-state index in [1.807, 2.05) is 6.20 Å². The van der Waals surface area contributed by atoms with Crippen LogP contribution in [0.25, 0.3) is 0 Å². The van der Waals surface area contributed by atoms with Crippen molar-refractivity contribution in [2.45, 2.75) is 70.6 Å². The quantitative estimate of drug-likeness (QED) is 0.823. The lowest BCUT2D eigenvalue weighted by molar-refractivity contribution is 0.131. The summed E-state index contributed by atoms with van der Waals surface area (Å²) >= 11 is 0. The maximum absolute atomic E-state index is 11.6. The Labute approximate surface area is 151 Å². The summed E-state index contributed by atoms with van der Waals surface area (Å²) in [6, 6.07) is 1.46. The highest BCUT2D eigenvalue weighted by Crippen LogP contribution is 2.22. The molecular weight excluding hydrogens is 336 g/mol. The average Bonchev–Trinajstić information content (AvgIpc) is 3.03. The summed E-state index contributed by atoms with van der Waals surface area (Å²) in [5.74, 6) is 1.89. The number of rotatable bonds is 6. The van der Waals surface area contributed by atoms with Crippen molar-refractivity contribution in [2.75, 3.05) is 24.6 Å². The summed E-state index contributed by atoms with van der Waals surface area (Å²) < 4.78 is 25.4. The molecule has 1 N–H and O–H groups in total. The van der Waals surface area contributed by atoms with Crippen LogP contribution in [0.15, 0.2) is 12.4 Å². The molecule has 2 aliphatic rings. The van der Waals surface area contributed by atoms with Crippen molar-refractivity contribution in [1.82, 2.24) is 19.8 Å². The number of piperidine rings is 1. The van der Waals surface area contributed by atoms with Gasteiger partial charge in [0.05, 0.1) is 11.5 Å². The molecule has 25 heavy (non-hydrogen) atoms. The molecule has 0 bridgehead atoms. The number of nitrogens with one attached hydrogen (secondary N) is 1. The minimum absolute atomic E-state index is 0.373. The first-order valence-electron chi connectivity index (χ1n) is 9.67. The van der Waals surface area contributed by atoms with Gasteiger partial charge < -0.3 is 14.8 Å². The molecular formula is C18H32N4O2S. The van der Waals surface area contributed by atoms with Gasteiger partial charge in [0.2, 0.25) is 0 Å². The van der Waals surface area contributed by atoms with Crippen molar-refractivity contribution in [1.29, 1.82) is 0 Å². The monoisotopic (exact) mass is 368 g/mol. The average molecular weight is 369 g/mol. The summed E-state index contributed by atoms with van der Waals surface area (Å²) in [4.78, 5) is 6.91. The first kappa shape index (κ1) is 18.9. The smallest absolute Gasteiger partial charge is 0.150 e. The number of nitrogens with zero attached hydrogens (tertiary/aromatic N) is 3. The van der Waals surface area contributed by atoms with Gasteiger partial charge in [0, 0.05) is 43.5 Å². The van der Waals surface area contributed by atoms with Crippen LogP contribution in [0.5, 0.6) is 0 Å². The molecule has 1 unspecified atom stereocenters. The van der Waals surface area contributed by atoms with Gasteiger partial charge in [-0.05, 0) is 45.7 Å². The Morgan fingerprint density at radius 3 is 2.56 bits per heavy atom. The molecule has 0 aromatic carbocycles. The maximum atomic E-state index is 11.6. The first-order chi connectivity index (χ1) is 12.0. The number of hydrogen-bond donors (Lipinski definition) is 1. The van der Waals surface area contributed by atoms with Crippen molar-refractivity contribution in [2.24, 2.45) is 0 Å². The molecule has 3 heterocycles. The number of aromatic nitrogens is 2. The van der Waals surface area contributed by atoms with E-state index < -0.39 is 9.84 Å². The Balaban J connectivity index is 1.42. The van der Waals surface area contributed by atoms with Crippen LogP contribution in [-0.2, 0) is 22.8 Å². The zero-order valence-corrected chi connectivity index (χ0v) is 16.3. The van der Waals surface area contributed by atoms with Crippen molar-refractivity contribution >= 4 is 9.84 Å². The van der Waals surface area contributed by atoms with E-state index in [0.29, 0.717) is 29.6 Å². The minimum atomic E-state index is -2.76. The fourth-order valence-corrected chi connectivity index (χ4v) is 5.71. The molecule has 0 saturated carbocycles. The van der Waals surface area contributed by atoms with Crippen LogP contribution in [0.4, 0.5) is 0 Å². The summed E-state index contributed by atoms with van der Waals surface area (Å²) in [5, 5.41) is 3.77. The largest absolute Gasteiger partial charge is 0.333 e. The number of hydrogen-bond acceptors (Lipinski definition) is 5. The van der Waals surface area contributed by atoms with Crippen LogP contribution >= 0.6 is 0 Å². The van der Waals surface area contributed by atoms with Crippen LogP contribution in [0.2, 0.25) is 0 Å². The first-order valence-corrected chi connectivity index (χ1v) is 11.5. The molecule has 0 spiro atoms. The second kappa shape index (κ2) is 8.18. The molecule has 0 radical (unpaired) electrons. The molecule has 1 aromatic heterocycles. The summed E-state index contributed by atoms with van der Waals surface area (Å²) in [6.45, 7) is 7.52.